The van der Waals surface area contributed by atoms with Crippen molar-refractivity contribution in [1.29, 1.82) is 0 Å². The summed E-state index contributed by atoms with van der Waals surface area (Å²) in [5, 5.41) is 8.80. The molecule has 0 saturated carbocycles. The summed E-state index contributed by atoms with van der Waals surface area (Å²) in [7, 11) is 0. The molecule has 0 aliphatic heterocycles. The molecule has 0 bridgehead atoms. The van der Waals surface area contributed by atoms with E-state index < -0.39 is 5.97 Å². The molecule has 13 heavy (non-hydrogen) atoms. The molecule has 0 aliphatic rings. The number of hydrogen-bond donors (Lipinski definition) is 1. The van der Waals surface area contributed by atoms with E-state index in [0.717, 1.165) is 4.88 Å². The van der Waals surface area contributed by atoms with Crippen LogP contribution < -0.4 is 0 Å². The van der Waals surface area contributed by atoms with Crippen molar-refractivity contribution in [3.8, 4) is 0 Å². The third-order valence-corrected chi connectivity index (χ3v) is 4.25. The predicted octanol–water partition coefficient (Wildman–Crippen LogP) is 3.16. The highest BCUT2D eigenvalue weighted by Crippen LogP contribution is 2.36. The maximum atomic E-state index is 10.7. The van der Waals surface area contributed by atoms with Gasteiger partial charge in [-0.3, -0.25) is 0 Å². The number of halogens is 1. The minimum Gasteiger partial charge on any atom is -0.477 e. The number of aromatic carboxylic acids is 1. The monoisotopic (exact) mass is 307 g/mol. The van der Waals surface area contributed by atoms with Crippen LogP contribution in [0.15, 0.2) is 0 Å². The smallest absolute Gasteiger partial charge is 0.345 e. The van der Waals surface area contributed by atoms with Crippen LogP contribution in [0.25, 0.3) is 4.85 Å². The number of carbonyl (C=O) groups is 1. The van der Waals surface area contributed by atoms with Crippen LogP contribution in [0.4, 0.5) is 5.69 Å². The van der Waals surface area contributed by atoms with Gasteiger partial charge in [0, 0.05) is 8.45 Å². The van der Waals surface area contributed by atoms with E-state index in [1.807, 2.05) is 29.5 Å². The van der Waals surface area contributed by atoms with E-state index in [2.05, 4.69) is 4.85 Å². The summed E-state index contributed by atoms with van der Waals surface area (Å²) in [4.78, 5) is 15.2. The van der Waals surface area contributed by atoms with Crippen LogP contribution in [0, 0.1) is 10.1 Å². The second kappa shape index (κ2) is 4.07. The summed E-state index contributed by atoms with van der Waals surface area (Å²) in [5.41, 5.74) is 0.505. The van der Waals surface area contributed by atoms with Gasteiger partial charge in [0.25, 0.3) is 0 Å². The van der Waals surface area contributed by atoms with Gasteiger partial charge in [-0.25, -0.2) is 9.64 Å². The average Bonchev–Trinajstić information content (AvgIpc) is 2.41. The number of hydrogen-bond acceptors (Lipinski definition) is 2. The predicted molar refractivity (Wildman–Crippen MR) is 59.6 cm³/mol. The van der Waals surface area contributed by atoms with Gasteiger partial charge in [0.1, 0.15) is 4.88 Å². The summed E-state index contributed by atoms with van der Waals surface area (Å²) in [5.74, 6) is -0.945. The van der Waals surface area contributed by atoms with Crippen LogP contribution in [0.3, 0.4) is 0 Å². The molecule has 0 saturated heterocycles. The molecule has 68 valence electrons. The Morgan fingerprint density at radius 2 is 2.38 bits per heavy atom. The van der Waals surface area contributed by atoms with Crippen molar-refractivity contribution in [3.63, 3.8) is 0 Å². The minimum absolute atomic E-state index is 0.281. The molecule has 0 unspecified atom stereocenters. The lowest BCUT2D eigenvalue weighted by Crippen LogP contribution is -1.93. The lowest BCUT2D eigenvalue weighted by atomic mass is 10.3. The van der Waals surface area contributed by atoms with E-state index in [4.69, 9.17) is 11.7 Å². The van der Waals surface area contributed by atoms with E-state index in [9.17, 15) is 4.79 Å². The van der Waals surface area contributed by atoms with E-state index >= 15 is 0 Å². The normalized spacial score (nSPS) is 9.62. The van der Waals surface area contributed by atoms with Crippen molar-refractivity contribution in [2.75, 3.05) is 0 Å². The fourth-order valence-corrected chi connectivity index (χ4v) is 3.03. The highest BCUT2D eigenvalue weighted by molar-refractivity contribution is 14.1. The number of carboxylic acid groups (broad SMARTS) is 1. The SMILES string of the molecule is [C-]#[N+]c1c(CC)sc(C(=O)O)c1I. The van der Waals surface area contributed by atoms with Crippen molar-refractivity contribution < 1.29 is 9.90 Å². The van der Waals surface area contributed by atoms with Crippen LogP contribution in [-0.2, 0) is 6.42 Å². The topological polar surface area (TPSA) is 41.7 Å². The van der Waals surface area contributed by atoms with Gasteiger partial charge in [-0.15, -0.1) is 11.3 Å². The van der Waals surface area contributed by atoms with Crippen molar-refractivity contribution in [2.45, 2.75) is 13.3 Å². The Hall–Kier alpha value is -0.610. The first-order chi connectivity index (χ1) is 6.11. The van der Waals surface area contributed by atoms with E-state index in [1.165, 1.54) is 11.3 Å². The standard InChI is InChI=1S/C8H6INO2S/c1-3-4-6(10-2)5(9)7(13-4)8(11)12/h3H2,1H3,(H,11,12). The molecule has 1 rings (SSSR count). The molecule has 1 heterocycles. The van der Waals surface area contributed by atoms with Crippen LogP contribution in [-0.4, -0.2) is 11.1 Å². The van der Waals surface area contributed by atoms with Gasteiger partial charge in [0.15, 0.2) is 0 Å². The molecule has 0 spiro atoms. The van der Waals surface area contributed by atoms with Crippen molar-refractivity contribution in [3.05, 3.63) is 24.7 Å². The molecule has 0 aliphatic carbocycles. The zero-order valence-electron chi connectivity index (χ0n) is 6.80. The molecule has 0 radical (unpaired) electrons. The van der Waals surface area contributed by atoms with Crippen molar-refractivity contribution in [2.24, 2.45) is 0 Å². The Kier molecular flexibility index (Phi) is 3.27. The van der Waals surface area contributed by atoms with Gasteiger partial charge in [0.05, 0.1) is 6.57 Å². The molecule has 3 nitrogen and oxygen atoms in total. The number of nitrogens with zero attached hydrogens (tertiary/aromatic N) is 1. The molecule has 0 fully saturated rings. The Balaban J connectivity index is 3.37. The molecule has 1 N–H and O–H groups in total. The largest absolute Gasteiger partial charge is 0.477 e. The molecule has 5 heteroatoms. The fraction of sp³-hybridized carbons (Fsp3) is 0.250. The summed E-state index contributed by atoms with van der Waals surface area (Å²) in [6, 6.07) is 0. The highest BCUT2D eigenvalue weighted by atomic mass is 127. The summed E-state index contributed by atoms with van der Waals surface area (Å²) >= 11 is 3.11. The van der Waals surface area contributed by atoms with Crippen molar-refractivity contribution >= 4 is 45.6 Å². The zero-order chi connectivity index (χ0) is 10.0. The summed E-state index contributed by atoms with van der Waals surface area (Å²) in [6.07, 6.45) is 0.714. The van der Waals surface area contributed by atoms with Crippen LogP contribution in [0.2, 0.25) is 0 Å². The highest BCUT2D eigenvalue weighted by Gasteiger charge is 2.19. The second-order valence-electron chi connectivity index (χ2n) is 2.29. The molecular formula is C8H6INO2S. The first kappa shape index (κ1) is 10.5. The minimum atomic E-state index is -0.945. The first-order valence-corrected chi connectivity index (χ1v) is 5.43. The average molecular weight is 307 g/mol. The molecule has 0 atom stereocenters. The zero-order valence-corrected chi connectivity index (χ0v) is 9.77. The quantitative estimate of drug-likeness (QED) is 0.673. The Morgan fingerprint density at radius 3 is 2.69 bits per heavy atom. The van der Waals surface area contributed by atoms with Crippen molar-refractivity contribution in [1.82, 2.24) is 0 Å². The van der Waals surface area contributed by atoms with Gasteiger partial charge in [-0.05, 0) is 6.42 Å². The fourth-order valence-electron chi connectivity index (χ4n) is 0.935. The van der Waals surface area contributed by atoms with E-state index in [0.29, 0.717) is 15.7 Å². The maximum Gasteiger partial charge on any atom is 0.345 e. The molecule has 1 aromatic heterocycles. The molecule has 0 aromatic carbocycles. The first-order valence-electron chi connectivity index (χ1n) is 3.53. The lowest BCUT2D eigenvalue weighted by Gasteiger charge is -1.88. The van der Waals surface area contributed by atoms with E-state index in [-0.39, 0.29) is 4.88 Å². The Morgan fingerprint density at radius 1 is 1.77 bits per heavy atom. The number of thiophene rings is 1. The van der Waals surface area contributed by atoms with Gasteiger partial charge in [-0.2, -0.15) is 0 Å². The maximum absolute atomic E-state index is 10.7. The van der Waals surface area contributed by atoms with Crippen LogP contribution >= 0.6 is 33.9 Å². The Bertz CT molecular complexity index is 392. The summed E-state index contributed by atoms with van der Waals surface area (Å²) < 4.78 is 0.571. The third kappa shape index (κ3) is 1.84. The third-order valence-electron chi connectivity index (χ3n) is 1.52. The second-order valence-corrected chi connectivity index (χ2v) is 4.47. The van der Waals surface area contributed by atoms with Crippen LogP contribution in [0.1, 0.15) is 21.5 Å². The van der Waals surface area contributed by atoms with Gasteiger partial charge >= 0.3 is 5.97 Å². The van der Waals surface area contributed by atoms with E-state index in [1.54, 1.807) is 0 Å². The number of carboxylic acids is 1. The lowest BCUT2D eigenvalue weighted by molar-refractivity contribution is 0.0701. The molecular weight excluding hydrogens is 301 g/mol. The van der Waals surface area contributed by atoms with Crippen LogP contribution in [0.5, 0.6) is 0 Å². The van der Waals surface area contributed by atoms with Gasteiger partial charge < -0.3 is 5.11 Å². The van der Waals surface area contributed by atoms with Gasteiger partial charge in [0.2, 0.25) is 5.69 Å². The van der Waals surface area contributed by atoms with Gasteiger partial charge in [-0.1, -0.05) is 29.5 Å². The molecule has 0 amide bonds. The number of aryl methyl sites for hydroxylation is 1. The Labute approximate surface area is 93.4 Å². The molecule has 1 aromatic rings. The number of rotatable bonds is 2. The summed E-state index contributed by atoms with van der Waals surface area (Å²) in [6.45, 7) is 8.84.